The van der Waals surface area contributed by atoms with Gasteiger partial charge in [0.2, 0.25) is 5.91 Å². The van der Waals surface area contributed by atoms with Crippen LogP contribution in [-0.2, 0) is 9.59 Å². The Bertz CT molecular complexity index is 334. The zero-order valence-electron chi connectivity index (χ0n) is 9.97. The van der Waals surface area contributed by atoms with Crippen LogP contribution in [0.25, 0.3) is 0 Å². The van der Waals surface area contributed by atoms with E-state index in [9.17, 15) is 14.7 Å². The fourth-order valence-corrected chi connectivity index (χ4v) is 3.05. The van der Waals surface area contributed by atoms with Gasteiger partial charge in [-0.25, -0.2) is 4.79 Å². The Balaban J connectivity index is 2.13. The molecule has 0 aromatic heterocycles. The third-order valence-corrected chi connectivity index (χ3v) is 3.96. The zero-order chi connectivity index (χ0) is 12.4. The molecule has 1 aliphatic carbocycles. The first-order chi connectivity index (χ1) is 8.13. The lowest BCUT2D eigenvalue weighted by atomic mass is 9.97. The first-order valence-corrected chi connectivity index (χ1v) is 6.28. The average molecular weight is 237 g/mol. The molecule has 2 fully saturated rings. The summed E-state index contributed by atoms with van der Waals surface area (Å²) in [5, 5.41) is 9.35. The van der Waals surface area contributed by atoms with Crippen LogP contribution in [0.2, 0.25) is 0 Å². The second kappa shape index (κ2) is 4.90. The third-order valence-electron chi connectivity index (χ3n) is 3.96. The standard InChI is InChI=1S/C13H19NO3/c1-2-9-7-11(15)14(8-9)12(13(16)17)10-5-3-4-6-10/h2,9-10,12H,1,3-8H2,(H,16,17). The Morgan fingerprint density at radius 1 is 1.47 bits per heavy atom. The van der Waals surface area contributed by atoms with Crippen molar-refractivity contribution in [1.29, 1.82) is 0 Å². The van der Waals surface area contributed by atoms with Crippen LogP contribution in [0.4, 0.5) is 0 Å². The van der Waals surface area contributed by atoms with Crippen LogP contribution in [0.5, 0.6) is 0 Å². The molecule has 1 heterocycles. The summed E-state index contributed by atoms with van der Waals surface area (Å²) in [5.74, 6) is -0.630. The summed E-state index contributed by atoms with van der Waals surface area (Å²) in [7, 11) is 0. The number of carbonyl (C=O) groups excluding carboxylic acids is 1. The summed E-state index contributed by atoms with van der Waals surface area (Å²) >= 11 is 0. The number of carboxylic acid groups (broad SMARTS) is 1. The molecule has 1 aliphatic heterocycles. The Hall–Kier alpha value is -1.32. The quantitative estimate of drug-likeness (QED) is 0.756. The van der Waals surface area contributed by atoms with E-state index in [1.165, 1.54) is 0 Å². The molecule has 4 nitrogen and oxygen atoms in total. The van der Waals surface area contributed by atoms with Crippen molar-refractivity contribution in [2.75, 3.05) is 6.54 Å². The lowest BCUT2D eigenvalue weighted by molar-refractivity contribution is -0.150. The number of carbonyl (C=O) groups is 2. The number of carboxylic acids is 1. The summed E-state index contributed by atoms with van der Waals surface area (Å²) in [6, 6.07) is -0.616. The lowest BCUT2D eigenvalue weighted by Gasteiger charge is -2.29. The van der Waals surface area contributed by atoms with Crippen LogP contribution in [0, 0.1) is 11.8 Å². The SMILES string of the molecule is C=CC1CC(=O)N(C(C(=O)O)C2CCCC2)C1. The van der Waals surface area contributed by atoms with Gasteiger partial charge in [0.15, 0.2) is 0 Å². The van der Waals surface area contributed by atoms with Crippen molar-refractivity contribution in [3.05, 3.63) is 12.7 Å². The molecule has 2 atom stereocenters. The first kappa shape index (κ1) is 12.1. The highest BCUT2D eigenvalue weighted by Gasteiger charge is 2.41. The normalized spacial score (nSPS) is 27.4. The van der Waals surface area contributed by atoms with Gasteiger partial charge in [-0.15, -0.1) is 6.58 Å². The van der Waals surface area contributed by atoms with E-state index in [-0.39, 0.29) is 17.7 Å². The molecule has 1 amide bonds. The Morgan fingerprint density at radius 3 is 2.59 bits per heavy atom. The van der Waals surface area contributed by atoms with Crippen LogP contribution in [0.15, 0.2) is 12.7 Å². The smallest absolute Gasteiger partial charge is 0.326 e. The Morgan fingerprint density at radius 2 is 2.12 bits per heavy atom. The van der Waals surface area contributed by atoms with Gasteiger partial charge in [0.1, 0.15) is 6.04 Å². The second-order valence-corrected chi connectivity index (χ2v) is 5.07. The topological polar surface area (TPSA) is 57.6 Å². The summed E-state index contributed by atoms with van der Waals surface area (Å²) in [4.78, 5) is 24.8. The van der Waals surface area contributed by atoms with Crippen molar-refractivity contribution in [3.63, 3.8) is 0 Å². The maximum atomic E-state index is 11.9. The summed E-state index contributed by atoms with van der Waals surface area (Å²) < 4.78 is 0. The number of hydrogen-bond acceptors (Lipinski definition) is 2. The summed E-state index contributed by atoms with van der Waals surface area (Å²) in [6.45, 7) is 4.21. The van der Waals surface area contributed by atoms with Crippen molar-refractivity contribution < 1.29 is 14.7 Å². The van der Waals surface area contributed by atoms with Gasteiger partial charge in [-0.05, 0) is 18.8 Å². The lowest BCUT2D eigenvalue weighted by Crippen LogP contribution is -2.46. The second-order valence-electron chi connectivity index (χ2n) is 5.07. The van der Waals surface area contributed by atoms with Crippen LogP contribution in [0.1, 0.15) is 32.1 Å². The van der Waals surface area contributed by atoms with Crippen molar-refractivity contribution >= 4 is 11.9 Å². The van der Waals surface area contributed by atoms with Gasteiger partial charge in [0.05, 0.1) is 0 Å². The van der Waals surface area contributed by atoms with E-state index >= 15 is 0 Å². The van der Waals surface area contributed by atoms with E-state index in [1.54, 1.807) is 11.0 Å². The van der Waals surface area contributed by atoms with Gasteiger partial charge in [-0.1, -0.05) is 18.9 Å². The molecule has 0 aromatic carbocycles. The highest BCUT2D eigenvalue weighted by atomic mass is 16.4. The van der Waals surface area contributed by atoms with Crippen molar-refractivity contribution in [3.8, 4) is 0 Å². The molecule has 94 valence electrons. The summed E-state index contributed by atoms with van der Waals surface area (Å²) in [5.41, 5.74) is 0. The zero-order valence-corrected chi connectivity index (χ0v) is 9.97. The van der Waals surface area contributed by atoms with Gasteiger partial charge in [-0.3, -0.25) is 4.79 Å². The monoisotopic (exact) mass is 237 g/mol. The third kappa shape index (κ3) is 2.35. The van der Waals surface area contributed by atoms with E-state index in [2.05, 4.69) is 6.58 Å². The molecular weight excluding hydrogens is 218 g/mol. The van der Waals surface area contributed by atoms with Crippen molar-refractivity contribution in [1.82, 2.24) is 4.90 Å². The minimum absolute atomic E-state index is 0.0331. The molecule has 0 bridgehead atoms. The predicted molar refractivity (Wildman–Crippen MR) is 63.4 cm³/mol. The van der Waals surface area contributed by atoms with E-state index in [4.69, 9.17) is 0 Å². The minimum Gasteiger partial charge on any atom is -0.480 e. The average Bonchev–Trinajstić information content (AvgIpc) is 2.89. The van der Waals surface area contributed by atoms with Gasteiger partial charge in [-0.2, -0.15) is 0 Å². The van der Waals surface area contributed by atoms with E-state index in [1.807, 2.05) is 0 Å². The number of likely N-dealkylation sites (tertiary alicyclic amines) is 1. The largest absolute Gasteiger partial charge is 0.480 e. The van der Waals surface area contributed by atoms with Gasteiger partial charge < -0.3 is 10.0 Å². The van der Waals surface area contributed by atoms with E-state index < -0.39 is 12.0 Å². The minimum atomic E-state index is -0.852. The fraction of sp³-hybridized carbons (Fsp3) is 0.692. The van der Waals surface area contributed by atoms with Crippen molar-refractivity contribution in [2.24, 2.45) is 11.8 Å². The maximum Gasteiger partial charge on any atom is 0.326 e. The molecule has 2 rings (SSSR count). The van der Waals surface area contributed by atoms with Crippen LogP contribution >= 0.6 is 0 Å². The Labute approximate surface area is 101 Å². The molecule has 1 N–H and O–H groups in total. The molecule has 2 aliphatic rings. The van der Waals surface area contributed by atoms with E-state index in [0.29, 0.717) is 13.0 Å². The first-order valence-electron chi connectivity index (χ1n) is 6.28. The molecule has 0 radical (unpaired) electrons. The molecule has 1 saturated carbocycles. The number of nitrogens with zero attached hydrogens (tertiary/aromatic N) is 1. The van der Waals surface area contributed by atoms with Gasteiger partial charge >= 0.3 is 5.97 Å². The van der Waals surface area contributed by atoms with Crippen molar-refractivity contribution in [2.45, 2.75) is 38.1 Å². The van der Waals surface area contributed by atoms with Crippen LogP contribution in [0.3, 0.4) is 0 Å². The molecule has 2 unspecified atom stereocenters. The Kier molecular flexibility index (Phi) is 3.50. The number of rotatable bonds is 4. The fourth-order valence-electron chi connectivity index (χ4n) is 3.05. The molecular formula is C13H19NO3. The van der Waals surface area contributed by atoms with Gasteiger partial charge in [0, 0.05) is 18.9 Å². The number of aliphatic carboxylic acids is 1. The van der Waals surface area contributed by atoms with Gasteiger partial charge in [0.25, 0.3) is 0 Å². The van der Waals surface area contributed by atoms with Crippen LogP contribution in [-0.4, -0.2) is 34.5 Å². The number of amides is 1. The maximum absolute atomic E-state index is 11.9. The molecule has 0 aromatic rings. The highest BCUT2D eigenvalue weighted by Crippen LogP contribution is 2.33. The predicted octanol–water partition coefficient (Wildman–Crippen LogP) is 1.66. The summed E-state index contributed by atoms with van der Waals surface area (Å²) in [6.07, 6.45) is 6.20. The highest BCUT2D eigenvalue weighted by molar-refractivity contribution is 5.85. The molecule has 17 heavy (non-hydrogen) atoms. The van der Waals surface area contributed by atoms with E-state index in [0.717, 1.165) is 25.7 Å². The molecule has 1 saturated heterocycles. The van der Waals surface area contributed by atoms with Crippen LogP contribution < -0.4 is 0 Å². The molecule has 4 heteroatoms. The number of hydrogen-bond donors (Lipinski definition) is 1. The molecule has 0 spiro atoms.